The molecule has 1 amide bonds. The number of aliphatic hydroxyl groups is 1. The average Bonchev–Trinajstić information content (AvgIpc) is 3.25. The Balaban J connectivity index is 1.76. The smallest absolute Gasteiger partial charge is 0.216 e. The van der Waals surface area contributed by atoms with Crippen LogP contribution in [0.4, 0.5) is 20.2 Å². The lowest BCUT2D eigenvalue weighted by molar-refractivity contribution is -0.119. The molecular formula is C26H21F2N3O4. The van der Waals surface area contributed by atoms with Gasteiger partial charge in [-0.15, -0.1) is 0 Å². The number of anilines is 2. The summed E-state index contributed by atoms with van der Waals surface area (Å²) >= 11 is 0. The van der Waals surface area contributed by atoms with E-state index >= 15 is 0 Å². The molecule has 0 fully saturated rings. The number of rotatable bonds is 7. The minimum absolute atomic E-state index is 0.0649. The molecule has 1 unspecified atom stereocenters. The van der Waals surface area contributed by atoms with Crippen LogP contribution >= 0.6 is 0 Å². The lowest BCUT2D eigenvalue weighted by atomic mass is 9.93. The number of allylic oxidation sites excluding steroid dienone is 1. The number of ketones is 2. The zero-order chi connectivity index (χ0) is 25.1. The summed E-state index contributed by atoms with van der Waals surface area (Å²) in [5, 5.41) is 18.8. The van der Waals surface area contributed by atoms with Gasteiger partial charge in [-0.05, 0) is 35.9 Å². The molecule has 178 valence electrons. The molecule has 9 heteroatoms. The Morgan fingerprint density at radius 2 is 1.46 bits per heavy atom. The fourth-order valence-corrected chi connectivity index (χ4v) is 3.68. The summed E-state index contributed by atoms with van der Waals surface area (Å²) in [6.07, 6.45) is -1.09. The number of carbonyl (C=O) groups excluding carboxylic acids is 3. The van der Waals surface area contributed by atoms with Gasteiger partial charge >= 0.3 is 0 Å². The first-order valence-electron chi connectivity index (χ1n) is 10.7. The molecule has 3 aromatic rings. The van der Waals surface area contributed by atoms with Crippen molar-refractivity contribution >= 4 is 28.8 Å². The van der Waals surface area contributed by atoms with E-state index < -0.39 is 29.3 Å². The molecule has 0 bridgehead atoms. The van der Waals surface area contributed by atoms with E-state index in [1.807, 2.05) is 0 Å². The highest BCUT2D eigenvalue weighted by Gasteiger charge is 2.30. The zero-order valence-corrected chi connectivity index (χ0v) is 18.6. The van der Waals surface area contributed by atoms with Crippen LogP contribution < -0.4 is 16.0 Å². The van der Waals surface area contributed by atoms with E-state index in [2.05, 4.69) is 16.0 Å². The van der Waals surface area contributed by atoms with E-state index in [9.17, 15) is 28.3 Å². The van der Waals surface area contributed by atoms with Crippen LogP contribution in [-0.2, 0) is 4.79 Å². The molecule has 4 rings (SSSR count). The monoisotopic (exact) mass is 477 g/mol. The fraction of sp³-hybridized carbons (Fsp3) is 0.115. The van der Waals surface area contributed by atoms with Gasteiger partial charge < -0.3 is 21.1 Å². The standard InChI is InChI=1S/C26H21F2N3O4/c1-14(32)29-13-22(33)15-5-4-6-16(9-15)24(34)23(25(35)17-10-18(27)12-19(28)11-17)26-30-20-7-2-3-8-21(20)31-26/h2-12,22,30-31,33H,13H2,1H3,(H,29,32). The van der Waals surface area contributed by atoms with E-state index in [1.165, 1.54) is 25.1 Å². The number of Topliss-reactive ketones (excluding diaryl/α,β-unsaturated/α-hetero) is 2. The van der Waals surface area contributed by atoms with Gasteiger partial charge in [-0.25, -0.2) is 8.78 Å². The molecule has 1 aliphatic heterocycles. The van der Waals surface area contributed by atoms with Crippen LogP contribution in [0.5, 0.6) is 0 Å². The topological polar surface area (TPSA) is 108 Å². The number of fused-ring (bicyclic) bond motifs is 1. The summed E-state index contributed by atoms with van der Waals surface area (Å²) in [6, 6.07) is 15.3. The van der Waals surface area contributed by atoms with E-state index in [0.717, 1.165) is 12.1 Å². The van der Waals surface area contributed by atoms with Crippen LogP contribution in [0.2, 0.25) is 0 Å². The fourth-order valence-electron chi connectivity index (χ4n) is 3.68. The van der Waals surface area contributed by atoms with Crippen LogP contribution in [0.1, 0.15) is 39.3 Å². The first-order chi connectivity index (χ1) is 16.7. The van der Waals surface area contributed by atoms with Gasteiger partial charge in [0.2, 0.25) is 17.5 Å². The van der Waals surface area contributed by atoms with Crippen molar-refractivity contribution in [2.75, 3.05) is 17.2 Å². The number of para-hydroxylation sites is 2. The summed E-state index contributed by atoms with van der Waals surface area (Å²) in [6.45, 7) is 1.24. The second-order valence-electron chi connectivity index (χ2n) is 7.94. The summed E-state index contributed by atoms with van der Waals surface area (Å²) in [5.74, 6) is -3.78. The third-order valence-electron chi connectivity index (χ3n) is 5.35. The second kappa shape index (κ2) is 9.86. The number of hydrogen-bond donors (Lipinski definition) is 4. The Morgan fingerprint density at radius 3 is 2.06 bits per heavy atom. The van der Waals surface area contributed by atoms with Crippen molar-refractivity contribution in [1.29, 1.82) is 0 Å². The predicted molar refractivity (Wildman–Crippen MR) is 126 cm³/mol. The number of aliphatic hydroxyl groups excluding tert-OH is 1. The van der Waals surface area contributed by atoms with Gasteiger partial charge in [0, 0.05) is 30.7 Å². The van der Waals surface area contributed by atoms with Gasteiger partial charge in [-0.2, -0.15) is 0 Å². The molecule has 7 nitrogen and oxygen atoms in total. The number of amides is 1. The van der Waals surface area contributed by atoms with Gasteiger partial charge in [-0.1, -0.05) is 30.3 Å². The van der Waals surface area contributed by atoms with Gasteiger partial charge in [-0.3, -0.25) is 14.4 Å². The Bertz CT molecular complexity index is 1320. The van der Waals surface area contributed by atoms with Crippen molar-refractivity contribution in [1.82, 2.24) is 5.32 Å². The lowest BCUT2D eigenvalue weighted by Gasteiger charge is -2.14. The van der Waals surface area contributed by atoms with E-state index in [4.69, 9.17) is 0 Å². The predicted octanol–water partition coefficient (Wildman–Crippen LogP) is 3.95. The summed E-state index contributed by atoms with van der Waals surface area (Å²) in [7, 11) is 0. The third-order valence-corrected chi connectivity index (χ3v) is 5.35. The first kappa shape index (κ1) is 23.8. The minimum atomic E-state index is -1.09. The Labute approximate surface area is 199 Å². The van der Waals surface area contributed by atoms with Crippen molar-refractivity contribution in [2.45, 2.75) is 13.0 Å². The quantitative estimate of drug-likeness (QED) is 0.178. The van der Waals surface area contributed by atoms with Crippen molar-refractivity contribution in [3.05, 3.63) is 106 Å². The van der Waals surface area contributed by atoms with Gasteiger partial charge in [0.05, 0.1) is 17.5 Å². The maximum absolute atomic E-state index is 13.9. The number of halogens is 2. The molecule has 1 atom stereocenters. The van der Waals surface area contributed by atoms with Crippen LogP contribution in [-0.4, -0.2) is 29.1 Å². The number of carbonyl (C=O) groups is 3. The molecule has 0 aromatic heterocycles. The van der Waals surface area contributed by atoms with E-state index in [-0.39, 0.29) is 35.0 Å². The summed E-state index contributed by atoms with van der Waals surface area (Å²) < 4.78 is 27.7. The van der Waals surface area contributed by atoms with Crippen LogP contribution in [0.25, 0.3) is 0 Å². The largest absolute Gasteiger partial charge is 0.387 e. The lowest BCUT2D eigenvalue weighted by Crippen LogP contribution is -2.26. The zero-order valence-electron chi connectivity index (χ0n) is 18.6. The van der Waals surface area contributed by atoms with Crippen LogP contribution in [0.15, 0.2) is 78.1 Å². The summed E-state index contributed by atoms with van der Waals surface area (Å²) in [5.41, 5.74) is 0.945. The molecule has 0 saturated carbocycles. The molecule has 35 heavy (non-hydrogen) atoms. The molecule has 0 radical (unpaired) electrons. The molecule has 1 heterocycles. The van der Waals surface area contributed by atoms with Crippen LogP contribution in [0, 0.1) is 11.6 Å². The molecule has 0 saturated heterocycles. The molecule has 0 spiro atoms. The first-order valence-corrected chi connectivity index (χ1v) is 10.7. The Morgan fingerprint density at radius 1 is 0.857 bits per heavy atom. The molecule has 1 aliphatic rings. The normalized spacial score (nSPS) is 12.7. The number of nitrogens with one attached hydrogen (secondary N) is 3. The molecular weight excluding hydrogens is 456 g/mol. The van der Waals surface area contributed by atoms with Gasteiger partial charge in [0.1, 0.15) is 23.0 Å². The highest BCUT2D eigenvalue weighted by molar-refractivity contribution is 6.32. The maximum atomic E-state index is 13.9. The van der Waals surface area contributed by atoms with Crippen molar-refractivity contribution < 1.29 is 28.3 Å². The SMILES string of the molecule is CC(=O)NCC(O)c1cccc(C(=O)C(C(=O)c2cc(F)cc(F)c2)=C2Nc3ccccc3N2)c1. The van der Waals surface area contributed by atoms with E-state index in [1.54, 1.807) is 30.3 Å². The van der Waals surface area contributed by atoms with Crippen molar-refractivity contribution in [2.24, 2.45) is 0 Å². The Hall–Kier alpha value is -4.37. The van der Waals surface area contributed by atoms with Crippen LogP contribution in [0.3, 0.4) is 0 Å². The highest BCUT2D eigenvalue weighted by atomic mass is 19.1. The molecule has 3 aromatic carbocycles. The van der Waals surface area contributed by atoms with Crippen molar-refractivity contribution in [3.63, 3.8) is 0 Å². The summed E-state index contributed by atoms with van der Waals surface area (Å²) in [4.78, 5) is 38.2. The van der Waals surface area contributed by atoms with Crippen molar-refractivity contribution in [3.8, 4) is 0 Å². The van der Waals surface area contributed by atoms with E-state index in [0.29, 0.717) is 23.0 Å². The second-order valence-corrected chi connectivity index (χ2v) is 7.94. The maximum Gasteiger partial charge on any atom is 0.216 e. The van der Waals surface area contributed by atoms with Gasteiger partial charge in [0.25, 0.3) is 0 Å². The average molecular weight is 477 g/mol. The molecule has 0 aliphatic carbocycles. The highest BCUT2D eigenvalue weighted by Crippen LogP contribution is 2.33. The minimum Gasteiger partial charge on any atom is -0.387 e. The van der Waals surface area contributed by atoms with Gasteiger partial charge in [0.15, 0.2) is 0 Å². The number of benzene rings is 3. The number of hydrogen-bond acceptors (Lipinski definition) is 6. The Kier molecular flexibility index (Phi) is 6.70. The molecule has 4 N–H and O–H groups in total. The third kappa shape index (κ3) is 5.25.